The Morgan fingerprint density at radius 2 is 1.79 bits per heavy atom. The van der Waals surface area contributed by atoms with E-state index in [1.165, 1.54) is 15.8 Å². The highest BCUT2D eigenvalue weighted by molar-refractivity contribution is 7.21. The van der Waals surface area contributed by atoms with Crippen LogP contribution in [0.4, 0.5) is 0 Å². The van der Waals surface area contributed by atoms with Crippen LogP contribution >= 0.6 is 11.3 Å². The first-order valence-corrected chi connectivity index (χ1v) is 7.28. The lowest BCUT2D eigenvalue weighted by Crippen LogP contribution is -1.86. The van der Waals surface area contributed by atoms with Gasteiger partial charge in [0, 0.05) is 5.56 Å². The van der Waals surface area contributed by atoms with E-state index in [2.05, 4.69) is 51.1 Å². The summed E-state index contributed by atoms with van der Waals surface area (Å²) in [5.74, 6) is 0.568. The molecule has 0 aliphatic carbocycles. The van der Waals surface area contributed by atoms with Crippen molar-refractivity contribution in [3.05, 3.63) is 60.5 Å². The molecule has 95 valence electrons. The standard InChI is InChI=1S/C17H16NS/c1-11(2)13-5-7-14(8-6-13)17-18-15-10-12(3)4-9-16(15)19-17/h4-11H,3H2,1-2H3. The van der Waals surface area contributed by atoms with E-state index in [0.29, 0.717) is 5.92 Å². The Labute approximate surface area is 117 Å². The van der Waals surface area contributed by atoms with E-state index in [1.807, 2.05) is 12.1 Å². The van der Waals surface area contributed by atoms with Crippen LogP contribution in [0.3, 0.4) is 0 Å². The van der Waals surface area contributed by atoms with E-state index in [-0.39, 0.29) is 0 Å². The number of benzene rings is 2. The molecular weight excluding hydrogens is 250 g/mol. The van der Waals surface area contributed by atoms with Crippen LogP contribution in [0.1, 0.15) is 30.9 Å². The molecule has 0 amide bonds. The largest absolute Gasteiger partial charge is 0.236 e. The zero-order valence-electron chi connectivity index (χ0n) is 11.2. The Balaban J connectivity index is 2.03. The summed E-state index contributed by atoms with van der Waals surface area (Å²) < 4.78 is 1.22. The van der Waals surface area contributed by atoms with Crippen molar-refractivity contribution in [3.8, 4) is 10.6 Å². The van der Waals surface area contributed by atoms with Crippen LogP contribution in [0.5, 0.6) is 0 Å². The van der Waals surface area contributed by atoms with Crippen molar-refractivity contribution >= 4 is 21.6 Å². The zero-order chi connectivity index (χ0) is 13.4. The Morgan fingerprint density at radius 3 is 2.47 bits per heavy atom. The van der Waals surface area contributed by atoms with Crippen molar-refractivity contribution in [1.29, 1.82) is 0 Å². The van der Waals surface area contributed by atoms with Gasteiger partial charge in [0.15, 0.2) is 0 Å². The van der Waals surface area contributed by atoms with Gasteiger partial charge in [0.2, 0.25) is 0 Å². The first-order chi connectivity index (χ1) is 9.13. The van der Waals surface area contributed by atoms with Crippen molar-refractivity contribution in [2.24, 2.45) is 0 Å². The van der Waals surface area contributed by atoms with Crippen molar-refractivity contribution in [2.75, 3.05) is 0 Å². The molecule has 1 nitrogen and oxygen atoms in total. The molecule has 0 unspecified atom stereocenters. The summed E-state index contributed by atoms with van der Waals surface area (Å²) in [7, 11) is 0. The first kappa shape index (κ1) is 12.4. The van der Waals surface area contributed by atoms with Gasteiger partial charge < -0.3 is 0 Å². The van der Waals surface area contributed by atoms with Crippen LogP contribution < -0.4 is 0 Å². The molecular formula is C17H16NS. The predicted octanol–water partition coefficient (Wildman–Crippen LogP) is 5.27. The van der Waals surface area contributed by atoms with Crippen molar-refractivity contribution in [2.45, 2.75) is 19.8 Å². The average Bonchev–Trinajstić information content (AvgIpc) is 2.81. The molecule has 0 aliphatic rings. The molecule has 0 fully saturated rings. The van der Waals surface area contributed by atoms with Gasteiger partial charge in [0.25, 0.3) is 0 Å². The average molecular weight is 266 g/mol. The molecule has 0 atom stereocenters. The Hall–Kier alpha value is -1.67. The fourth-order valence-corrected chi connectivity index (χ4v) is 3.06. The van der Waals surface area contributed by atoms with Crippen molar-refractivity contribution in [3.63, 3.8) is 0 Å². The lowest BCUT2D eigenvalue weighted by Gasteiger charge is -2.05. The molecule has 0 N–H and O–H groups in total. The summed E-state index contributed by atoms with van der Waals surface area (Å²) in [6.45, 7) is 8.37. The Morgan fingerprint density at radius 1 is 1.05 bits per heavy atom. The summed E-state index contributed by atoms with van der Waals surface area (Å²) >= 11 is 1.73. The minimum Gasteiger partial charge on any atom is -0.236 e. The molecule has 19 heavy (non-hydrogen) atoms. The summed E-state index contributed by atoms with van der Waals surface area (Å²) in [5.41, 5.74) is 4.61. The maximum absolute atomic E-state index is 4.70. The maximum atomic E-state index is 4.70. The molecule has 3 rings (SSSR count). The van der Waals surface area contributed by atoms with Crippen molar-refractivity contribution in [1.82, 2.24) is 4.98 Å². The third-order valence-corrected chi connectivity index (χ3v) is 4.36. The second kappa shape index (κ2) is 4.78. The highest BCUT2D eigenvalue weighted by Crippen LogP contribution is 2.31. The molecule has 0 aliphatic heterocycles. The van der Waals surface area contributed by atoms with E-state index in [1.54, 1.807) is 11.3 Å². The lowest BCUT2D eigenvalue weighted by atomic mass is 10.0. The molecule has 2 heteroatoms. The van der Waals surface area contributed by atoms with Gasteiger partial charge in [0.05, 0.1) is 10.2 Å². The molecule has 1 heterocycles. The number of rotatable bonds is 2. The number of hydrogen-bond donors (Lipinski definition) is 0. The van der Waals surface area contributed by atoms with Crippen LogP contribution in [0.25, 0.3) is 20.8 Å². The number of aromatic nitrogens is 1. The van der Waals surface area contributed by atoms with Gasteiger partial charge in [-0.05, 0) is 36.1 Å². The highest BCUT2D eigenvalue weighted by Gasteiger charge is 2.07. The topological polar surface area (TPSA) is 12.9 Å². The number of nitrogens with zero attached hydrogens (tertiary/aromatic N) is 1. The van der Waals surface area contributed by atoms with E-state index in [4.69, 9.17) is 4.98 Å². The van der Waals surface area contributed by atoms with Gasteiger partial charge in [-0.15, -0.1) is 11.3 Å². The van der Waals surface area contributed by atoms with Crippen LogP contribution in [-0.2, 0) is 0 Å². The number of thiazole rings is 1. The molecule has 1 aromatic heterocycles. The monoisotopic (exact) mass is 266 g/mol. The first-order valence-electron chi connectivity index (χ1n) is 6.46. The minimum absolute atomic E-state index is 0.568. The lowest BCUT2D eigenvalue weighted by molar-refractivity contribution is 0.867. The summed E-state index contributed by atoms with van der Waals surface area (Å²) in [5, 5.41) is 1.08. The predicted molar refractivity (Wildman–Crippen MR) is 83.6 cm³/mol. The van der Waals surface area contributed by atoms with Gasteiger partial charge in [-0.1, -0.05) is 44.2 Å². The van der Waals surface area contributed by atoms with E-state index in [9.17, 15) is 0 Å². The van der Waals surface area contributed by atoms with E-state index < -0.39 is 0 Å². The normalized spacial score (nSPS) is 11.4. The van der Waals surface area contributed by atoms with Gasteiger partial charge >= 0.3 is 0 Å². The maximum Gasteiger partial charge on any atom is 0.124 e. The SMILES string of the molecule is [CH2]c1ccc2sc(-c3ccc(C(C)C)cc3)nc2c1. The minimum atomic E-state index is 0.568. The number of fused-ring (bicyclic) bond motifs is 1. The third-order valence-electron chi connectivity index (χ3n) is 3.28. The zero-order valence-corrected chi connectivity index (χ0v) is 12.0. The van der Waals surface area contributed by atoms with E-state index >= 15 is 0 Å². The number of hydrogen-bond acceptors (Lipinski definition) is 2. The highest BCUT2D eigenvalue weighted by atomic mass is 32.1. The van der Waals surface area contributed by atoms with Gasteiger partial charge in [-0.2, -0.15) is 0 Å². The Kier molecular flexibility index (Phi) is 3.11. The smallest absolute Gasteiger partial charge is 0.124 e. The van der Waals surface area contributed by atoms with Gasteiger partial charge in [-0.3, -0.25) is 0 Å². The van der Waals surface area contributed by atoms with Gasteiger partial charge in [-0.25, -0.2) is 4.98 Å². The van der Waals surface area contributed by atoms with Crippen LogP contribution in [0.15, 0.2) is 42.5 Å². The Bertz CT molecular complexity index is 708. The third kappa shape index (κ3) is 2.41. The molecule has 1 radical (unpaired) electrons. The van der Waals surface area contributed by atoms with E-state index in [0.717, 1.165) is 16.1 Å². The molecule has 2 aromatic carbocycles. The van der Waals surface area contributed by atoms with Gasteiger partial charge in [0.1, 0.15) is 5.01 Å². The summed E-state index contributed by atoms with van der Waals surface area (Å²) in [6.07, 6.45) is 0. The summed E-state index contributed by atoms with van der Waals surface area (Å²) in [4.78, 5) is 4.70. The van der Waals surface area contributed by atoms with Crippen molar-refractivity contribution < 1.29 is 0 Å². The van der Waals surface area contributed by atoms with Crippen LogP contribution in [0.2, 0.25) is 0 Å². The molecule has 0 bridgehead atoms. The van der Waals surface area contributed by atoms with Crippen LogP contribution in [-0.4, -0.2) is 4.98 Å². The quantitative estimate of drug-likeness (QED) is 0.616. The second-order valence-corrected chi connectivity index (χ2v) is 6.13. The fraction of sp³-hybridized carbons (Fsp3) is 0.176. The summed E-state index contributed by atoms with van der Waals surface area (Å²) in [6, 6.07) is 14.9. The molecule has 0 saturated heterocycles. The molecule has 3 aromatic rings. The second-order valence-electron chi connectivity index (χ2n) is 5.10. The molecule has 0 saturated carbocycles. The van der Waals surface area contributed by atoms with Crippen LogP contribution in [0, 0.1) is 6.92 Å². The molecule has 0 spiro atoms. The fourth-order valence-electron chi connectivity index (χ4n) is 2.11.